The van der Waals surface area contributed by atoms with Gasteiger partial charge < -0.3 is 33.9 Å². The van der Waals surface area contributed by atoms with Gasteiger partial charge in [0.25, 0.3) is 0 Å². The van der Waals surface area contributed by atoms with E-state index < -0.39 is 36.5 Å². The lowest BCUT2D eigenvalue weighted by atomic mass is 9.88. The summed E-state index contributed by atoms with van der Waals surface area (Å²) in [6, 6.07) is 10.5. The number of carbonyl (C=O) groups excluding carboxylic acids is 2. The Bertz CT molecular complexity index is 1360. The highest BCUT2D eigenvalue weighted by atomic mass is 16.6. The van der Waals surface area contributed by atoms with Gasteiger partial charge in [0.1, 0.15) is 55.1 Å². The van der Waals surface area contributed by atoms with Crippen LogP contribution in [0.25, 0.3) is 17.0 Å². The second-order valence-electron chi connectivity index (χ2n) is 9.09. The van der Waals surface area contributed by atoms with Gasteiger partial charge in [-0.2, -0.15) is 0 Å². The van der Waals surface area contributed by atoms with Gasteiger partial charge in [-0.1, -0.05) is 24.8 Å². The fourth-order valence-electron chi connectivity index (χ4n) is 4.36. The average molecular weight is 523 g/mol. The molecule has 9 heteroatoms. The van der Waals surface area contributed by atoms with Crippen molar-refractivity contribution in [2.45, 2.75) is 44.4 Å². The van der Waals surface area contributed by atoms with E-state index in [2.05, 4.69) is 6.58 Å². The fourth-order valence-corrected chi connectivity index (χ4v) is 4.36. The van der Waals surface area contributed by atoms with E-state index in [9.17, 15) is 24.9 Å². The topological polar surface area (TPSA) is 136 Å². The summed E-state index contributed by atoms with van der Waals surface area (Å²) in [6.45, 7) is 6.46. The molecule has 1 aliphatic rings. The smallest absolute Gasteiger partial charge is 0.302 e. The maximum Gasteiger partial charge on any atom is 0.302 e. The number of ketones is 1. The minimum absolute atomic E-state index is 0.165. The van der Waals surface area contributed by atoms with Gasteiger partial charge in [-0.3, -0.25) is 9.59 Å². The molecule has 3 N–H and O–H groups in total. The van der Waals surface area contributed by atoms with Crippen LogP contribution in [0.15, 0.2) is 65.8 Å². The van der Waals surface area contributed by atoms with Gasteiger partial charge in [0.15, 0.2) is 5.78 Å². The molecule has 0 spiro atoms. The van der Waals surface area contributed by atoms with Crippen molar-refractivity contribution in [2.75, 3.05) is 13.2 Å². The van der Waals surface area contributed by atoms with Gasteiger partial charge in [0.05, 0.1) is 11.8 Å². The van der Waals surface area contributed by atoms with E-state index in [4.69, 9.17) is 18.6 Å². The molecule has 3 aromatic rings. The van der Waals surface area contributed by atoms with Gasteiger partial charge in [-0.05, 0) is 60.0 Å². The third kappa shape index (κ3) is 5.87. The fraction of sp³-hybridized carbons (Fsp3) is 0.310. The Morgan fingerprint density at radius 2 is 1.87 bits per heavy atom. The summed E-state index contributed by atoms with van der Waals surface area (Å²) in [7, 11) is 0. The number of furan rings is 1. The zero-order valence-corrected chi connectivity index (χ0v) is 21.1. The van der Waals surface area contributed by atoms with E-state index in [1.807, 2.05) is 24.3 Å². The zero-order chi connectivity index (χ0) is 27.4. The highest BCUT2D eigenvalue weighted by Crippen LogP contribution is 2.37. The Hall–Kier alpha value is -3.76. The summed E-state index contributed by atoms with van der Waals surface area (Å²) < 4.78 is 21.9. The van der Waals surface area contributed by atoms with E-state index in [0.717, 1.165) is 16.5 Å². The number of allylic oxidation sites excluding steroid dienone is 1. The van der Waals surface area contributed by atoms with Gasteiger partial charge in [0, 0.05) is 12.3 Å². The largest absolute Gasteiger partial charge is 0.489 e. The molecule has 2 aromatic carbocycles. The first-order chi connectivity index (χ1) is 18.2. The Labute approximate surface area is 219 Å². The molecule has 0 aliphatic carbocycles. The molecule has 2 heterocycles. The Balaban J connectivity index is 1.67. The summed E-state index contributed by atoms with van der Waals surface area (Å²) in [5.41, 5.74) is 2.78. The molecule has 5 atom stereocenters. The monoisotopic (exact) mass is 522 g/mol. The van der Waals surface area contributed by atoms with E-state index in [1.54, 1.807) is 37.5 Å². The minimum Gasteiger partial charge on any atom is -0.489 e. The number of aryl methyl sites for hydroxylation is 1. The molecule has 9 nitrogen and oxygen atoms in total. The summed E-state index contributed by atoms with van der Waals surface area (Å²) >= 11 is 0. The van der Waals surface area contributed by atoms with Crippen LogP contribution < -0.4 is 4.74 Å². The molecular weight excluding hydrogens is 492 g/mol. The highest BCUT2D eigenvalue weighted by molar-refractivity contribution is 6.09. The van der Waals surface area contributed by atoms with Gasteiger partial charge in [-0.25, -0.2) is 0 Å². The first-order valence-corrected chi connectivity index (χ1v) is 12.1. The second kappa shape index (κ2) is 11.7. The number of ether oxygens (including phenoxy) is 3. The second-order valence-corrected chi connectivity index (χ2v) is 9.09. The first-order valence-electron chi connectivity index (χ1n) is 12.1. The Kier molecular flexibility index (Phi) is 8.43. The predicted octanol–water partition coefficient (Wildman–Crippen LogP) is 3.29. The number of fused-ring (bicyclic) bond motifs is 1. The number of aliphatic hydroxyl groups excluding tert-OH is 3. The molecule has 0 bridgehead atoms. The number of carbonyl (C=O) groups is 2. The van der Waals surface area contributed by atoms with Crippen molar-refractivity contribution in [1.29, 1.82) is 0 Å². The number of esters is 1. The van der Waals surface area contributed by atoms with Crippen LogP contribution in [0.3, 0.4) is 0 Å². The molecule has 4 rings (SSSR count). The SMILES string of the molecule is C=CCOc1cc(C)c(C2OC(COC(C)=O)C(O)C(O)C2O)cc1C(=O)/C=C/c1ccc2occc2c1. The van der Waals surface area contributed by atoms with Crippen molar-refractivity contribution in [1.82, 2.24) is 0 Å². The van der Waals surface area contributed by atoms with Crippen LogP contribution >= 0.6 is 0 Å². The van der Waals surface area contributed by atoms with Crippen molar-refractivity contribution in [3.63, 3.8) is 0 Å². The zero-order valence-electron chi connectivity index (χ0n) is 21.1. The molecule has 1 aliphatic heterocycles. The number of benzene rings is 2. The molecule has 1 aromatic heterocycles. The van der Waals surface area contributed by atoms with E-state index in [-0.39, 0.29) is 24.6 Å². The van der Waals surface area contributed by atoms with Crippen LogP contribution in [0.2, 0.25) is 0 Å². The highest BCUT2D eigenvalue weighted by Gasteiger charge is 2.45. The lowest BCUT2D eigenvalue weighted by molar-refractivity contribution is -0.234. The summed E-state index contributed by atoms with van der Waals surface area (Å²) in [4.78, 5) is 24.6. The maximum absolute atomic E-state index is 13.3. The van der Waals surface area contributed by atoms with Gasteiger partial charge in [-0.15, -0.1) is 0 Å². The molecule has 38 heavy (non-hydrogen) atoms. The molecule has 5 unspecified atom stereocenters. The third-order valence-corrected chi connectivity index (χ3v) is 6.36. The molecule has 1 fully saturated rings. The standard InChI is InChI=1S/C29H30O9/c1-4-10-35-24-12-16(2)20(29-28(34)27(33)26(32)25(38-29)15-37-17(3)30)14-21(24)22(31)7-5-18-6-8-23-19(13-18)9-11-36-23/h4-9,11-14,25-29,32-34H,1,10,15H2,2-3H3/b7-5+. The Morgan fingerprint density at radius 3 is 2.61 bits per heavy atom. The van der Waals surface area contributed by atoms with Crippen LogP contribution in [0.4, 0.5) is 0 Å². The van der Waals surface area contributed by atoms with Crippen molar-refractivity contribution >= 4 is 28.8 Å². The molecule has 200 valence electrons. The van der Waals surface area contributed by atoms with Gasteiger partial charge >= 0.3 is 5.97 Å². The molecule has 0 radical (unpaired) electrons. The minimum atomic E-state index is -1.57. The lowest BCUT2D eigenvalue weighted by Crippen LogP contribution is -2.55. The van der Waals surface area contributed by atoms with Crippen LogP contribution in [-0.4, -0.2) is 64.7 Å². The average Bonchev–Trinajstić information content (AvgIpc) is 3.37. The number of rotatable bonds is 9. The molecule has 0 amide bonds. The normalized spacial score (nSPS) is 23.4. The van der Waals surface area contributed by atoms with E-state index in [1.165, 1.54) is 13.0 Å². The number of aliphatic hydroxyl groups is 3. The molecular formula is C29H30O9. The predicted molar refractivity (Wildman–Crippen MR) is 139 cm³/mol. The van der Waals surface area contributed by atoms with Crippen molar-refractivity contribution in [3.05, 3.63) is 83.6 Å². The van der Waals surface area contributed by atoms with E-state index >= 15 is 0 Å². The number of hydrogen-bond acceptors (Lipinski definition) is 9. The molecule has 1 saturated heterocycles. The van der Waals surface area contributed by atoms with Crippen molar-refractivity contribution in [3.8, 4) is 5.75 Å². The van der Waals surface area contributed by atoms with Crippen LogP contribution in [-0.2, 0) is 14.3 Å². The summed E-state index contributed by atoms with van der Waals surface area (Å²) in [5, 5.41) is 32.5. The summed E-state index contributed by atoms with van der Waals surface area (Å²) in [5.74, 6) is -0.627. The quantitative estimate of drug-likeness (QED) is 0.167. The first kappa shape index (κ1) is 27.3. The maximum atomic E-state index is 13.3. The van der Waals surface area contributed by atoms with Crippen LogP contribution in [0.1, 0.15) is 40.1 Å². The van der Waals surface area contributed by atoms with Gasteiger partial charge in [0.2, 0.25) is 0 Å². The van der Waals surface area contributed by atoms with Crippen LogP contribution in [0.5, 0.6) is 5.75 Å². The lowest BCUT2D eigenvalue weighted by Gasteiger charge is -2.41. The van der Waals surface area contributed by atoms with Crippen LogP contribution in [0, 0.1) is 6.92 Å². The van der Waals surface area contributed by atoms with E-state index in [0.29, 0.717) is 16.9 Å². The van der Waals surface area contributed by atoms with Crippen molar-refractivity contribution < 1.29 is 43.5 Å². The molecule has 0 saturated carbocycles. The third-order valence-electron chi connectivity index (χ3n) is 6.36. The number of hydrogen-bond donors (Lipinski definition) is 3. The Morgan fingerprint density at radius 1 is 1.08 bits per heavy atom. The summed E-state index contributed by atoms with van der Waals surface area (Å²) in [6.07, 6.45) is -0.513. The van der Waals surface area contributed by atoms with Crippen molar-refractivity contribution in [2.24, 2.45) is 0 Å².